The van der Waals surface area contributed by atoms with Crippen molar-refractivity contribution in [3.8, 4) is 0 Å². The van der Waals surface area contributed by atoms with Crippen LogP contribution in [0.4, 0.5) is 0 Å². The van der Waals surface area contributed by atoms with Gasteiger partial charge in [-0.3, -0.25) is 9.48 Å². The van der Waals surface area contributed by atoms with E-state index < -0.39 is 0 Å². The average Bonchev–Trinajstić information content (AvgIpc) is 2.54. The molecule has 0 spiro atoms. The highest BCUT2D eigenvalue weighted by atomic mass is 35.5. The van der Waals surface area contributed by atoms with E-state index in [0.717, 1.165) is 16.6 Å². The van der Waals surface area contributed by atoms with Crippen LogP contribution in [-0.4, -0.2) is 15.6 Å². The van der Waals surface area contributed by atoms with E-state index in [9.17, 15) is 4.79 Å². The number of rotatable bonds is 2. The molecule has 0 atom stereocenters. The zero-order chi connectivity index (χ0) is 14.4. The molecule has 1 heterocycles. The smallest absolute Gasteiger partial charge is 0.135 e. The molecule has 0 aliphatic heterocycles. The number of ketones is 1. The van der Waals surface area contributed by atoms with Crippen LogP contribution in [0.1, 0.15) is 39.0 Å². The summed E-state index contributed by atoms with van der Waals surface area (Å²) in [5.41, 5.74) is 2.98. The summed E-state index contributed by atoms with van der Waals surface area (Å²) in [6.07, 6.45) is 0.324. The first-order chi connectivity index (χ1) is 8.71. The molecule has 102 valence electrons. The van der Waals surface area contributed by atoms with Crippen LogP contribution in [-0.2, 0) is 23.7 Å². The first-order valence-corrected chi connectivity index (χ1v) is 6.73. The third-order valence-corrected chi connectivity index (χ3v) is 3.55. The topological polar surface area (TPSA) is 34.9 Å². The lowest BCUT2D eigenvalue weighted by Crippen LogP contribution is -2.13. The Labute approximate surface area is 118 Å². The molecule has 0 saturated heterocycles. The van der Waals surface area contributed by atoms with Crippen LogP contribution in [0.15, 0.2) is 12.1 Å². The van der Waals surface area contributed by atoms with Gasteiger partial charge in [0.2, 0.25) is 0 Å². The Morgan fingerprint density at radius 2 is 2.00 bits per heavy atom. The summed E-state index contributed by atoms with van der Waals surface area (Å²) in [6, 6.07) is 3.94. The van der Waals surface area contributed by atoms with Crippen LogP contribution >= 0.6 is 11.6 Å². The molecule has 0 aliphatic carbocycles. The number of carbonyl (C=O) groups is 1. The molecule has 0 radical (unpaired) electrons. The van der Waals surface area contributed by atoms with Crippen LogP contribution in [0.2, 0.25) is 5.02 Å². The van der Waals surface area contributed by atoms with Crippen molar-refractivity contribution in [3.63, 3.8) is 0 Å². The quantitative estimate of drug-likeness (QED) is 0.840. The zero-order valence-electron chi connectivity index (χ0n) is 12.0. The van der Waals surface area contributed by atoms with Crippen molar-refractivity contribution >= 4 is 28.3 Å². The van der Waals surface area contributed by atoms with Gasteiger partial charge in [0.15, 0.2) is 0 Å². The van der Waals surface area contributed by atoms with E-state index in [2.05, 4.69) is 25.9 Å². The molecule has 3 nitrogen and oxygen atoms in total. The van der Waals surface area contributed by atoms with Crippen molar-refractivity contribution in [1.29, 1.82) is 0 Å². The second-order valence-corrected chi connectivity index (χ2v) is 6.42. The summed E-state index contributed by atoms with van der Waals surface area (Å²) in [5, 5.41) is 6.04. The number of fused-ring (bicyclic) bond motifs is 1. The molecule has 0 unspecified atom stereocenters. The van der Waals surface area contributed by atoms with Crippen molar-refractivity contribution < 1.29 is 4.79 Å². The molecule has 4 heteroatoms. The third-order valence-electron chi connectivity index (χ3n) is 3.23. The van der Waals surface area contributed by atoms with Gasteiger partial charge in [-0.05, 0) is 24.0 Å². The number of Topliss-reactive ketones (excluding diaryl/α,β-unsaturated/α-hetero) is 1. The van der Waals surface area contributed by atoms with Gasteiger partial charge in [0, 0.05) is 12.4 Å². The van der Waals surface area contributed by atoms with Gasteiger partial charge in [-0.25, -0.2) is 0 Å². The van der Waals surface area contributed by atoms with E-state index in [1.807, 2.05) is 23.9 Å². The van der Waals surface area contributed by atoms with E-state index in [1.54, 1.807) is 6.92 Å². The fourth-order valence-electron chi connectivity index (χ4n) is 2.42. The molecule has 0 saturated carbocycles. The van der Waals surface area contributed by atoms with Crippen molar-refractivity contribution in [3.05, 3.63) is 28.4 Å². The monoisotopic (exact) mass is 278 g/mol. The number of hydrogen-bond donors (Lipinski definition) is 0. The van der Waals surface area contributed by atoms with Crippen LogP contribution in [0.25, 0.3) is 10.9 Å². The molecule has 2 rings (SSSR count). The molecule has 0 fully saturated rings. The Morgan fingerprint density at radius 3 is 2.53 bits per heavy atom. The maximum Gasteiger partial charge on any atom is 0.135 e. The van der Waals surface area contributed by atoms with E-state index >= 15 is 0 Å². The standard InChI is InChI=1S/C15H19ClN2O/c1-9(19)8-12-13-11(16)7-6-10(15(2,3)4)14(13)18(5)17-12/h6-7H,8H2,1-5H3. The lowest BCUT2D eigenvalue weighted by molar-refractivity contribution is -0.116. The number of hydrogen-bond acceptors (Lipinski definition) is 2. The molecule has 19 heavy (non-hydrogen) atoms. The highest BCUT2D eigenvalue weighted by molar-refractivity contribution is 6.35. The lowest BCUT2D eigenvalue weighted by Gasteiger charge is -2.21. The maximum atomic E-state index is 11.4. The van der Waals surface area contributed by atoms with Crippen molar-refractivity contribution in [2.75, 3.05) is 0 Å². The number of benzene rings is 1. The number of aryl methyl sites for hydroxylation is 1. The fourth-order valence-corrected chi connectivity index (χ4v) is 2.68. The molecule has 0 bridgehead atoms. The summed E-state index contributed by atoms with van der Waals surface area (Å²) >= 11 is 6.32. The first-order valence-electron chi connectivity index (χ1n) is 6.36. The van der Waals surface area contributed by atoms with Gasteiger partial charge in [-0.2, -0.15) is 5.10 Å². The lowest BCUT2D eigenvalue weighted by atomic mass is 9.85. The zero-order valence-corrected chi connectivity index (χ0v) is 12.8. The van der Waals surface area contributed by atoms with Gasteiger partial charge in [0.05, 0.1) is 22.7 Å². The third kappa shape index (κ3) is 2.52. The molecule has 0 N–H and O–H groups in total. The number of halogens is 1. The average molecular weight is 279 g/mol. The number of carbonyl (C=O) groups excluding carboxylic acids is 1. The van der Waals surface area contributed by atoms with Gasteiger partial charge >= 0.3 is 0 Å². The molecule has 2 aromatic rings. The number of nitrogens with zero attached hydrogens (tertiary/aromatic N) is 2. The van der Waals surface area contributed by atoms with Crippen molar-refractivity contribution in [2.45, 2.75) is 39.5 Å². The van der Waals surface area contributed by atoms with Crippen LogP contribution in [0, 0.1) is 0 Å². The molecule has 1 aromatic heterocycles. The van der Waals surface area contributed by atoms with Crippen LogP contribution in [0.5, 0.6) is 0 Å². The van der Waals surface area contributed by atoms with E-state index in [-0.39, 0.29) is 11.2 Å². The van der Waals surface area contributed by atoms with Gasteiger partial charge in [-0.15, -0.1) is 0 Å². The fraction of sp³-hybridized carbons (Fsp3) is 0.467. The summed E-state index contributed by atoms with van der Waals surface area (Å²) in [6.45, 7) is 8.05. The van der Waals surface area contributed by atoms with Gasteiger partial charge in [-0.1, -0.05) is 38.4 Å². The SMILES string of the molecule is CC(=O)Cc1nn(C)c2c(C(C)(C)C)ccc(Cl)c12. The second kappa shape index (κ2) is 4.64. The normalized spacial score (nSPS) is 12.1. The summed E-state index contributed by atoms with van der Waals surface area (Å²) in [4.78, 5) is 11.4. The Hall–Kier alpha value is -1.35. The largest absolute Gasteiger partial charge is 0.300 e. The minimum absolute atomic E-state index is 0.00409. The van der Waals surface area contributed by atoms with Gasteiger partial charge in [0.25, 0.3) is 0 Å². The van der Waals surface area contributed by atoms with Crippen molar-refractivity contribution in [1.82, 2.24) is 9.78 Å². The Balaban J connectivity index is 2.81. The van der Waals surface area contributed by atoms with Crippen LogP contribution in [0.3, 0.4) is 0 Å². The minimum atomic E-state index is 0.00409. The van der Waals surface area contributed by atoms with E-state index in [1.165, 1.54) is 5.56 Å². The predicted molar refractivity (Wildman–Crippen MR) is 78.8 cm³/mol. The first kappa shape index (κ1) is 14.1. The second-order valence-electron chi connectivity index (χ2n) is 6.02. The predicted octanol–water partition coefficient (Wildman–Crippen LogP) is 3.66. The highest BCUT2D eigenvalue weighted by Gasteiger charge is 2.23. The molecule has 1 aromatic carbocycles. The van der Waals surface area contributed by atoms with Gasteiger partial charge in [0.1, 0.15) is 5.78 Å². The van der Waals surface area contributed by atoms with E-state index in [0.29, 0.717) is 11.4 Å². The van der Waals surface area contributed by atoms with Gasteiger partial charge < -0.3 is 0 Å². The highest BCUT2D eigenvalue weighted by Crippen LogP contribution is 2.35. The van der Waals surface area contributed by atoms with Crippen molar-refractivity contribution in [2.24, 2.45) is 7.05 Å². The molecular weight excluding hydrogens is 260 g/mol. The Morgan fingerprint density at radius 1 is 1.37 bits per heavy atom. The van der Waals surface area contributed by atoms with E-state index in [4.69, 9.17) is 11.6 Å². The molecular formula is C15H19ClN2O. The Bertz CT molecular complexity index is 650. The Kier molecular flexibility index (Phi) is 3.43. The molecule has 0 aliphatic rings. The summed E-state index contributed by atoms with van der Waals surface area (Å²) in [5.74, 6) is 0.0947. The summed E-state index contributed by atoms with van der Waals surface area (Å²) in [7, 11) is 1.90. The minimum Gasteiger partial charge on any atom is -0.300 e. The maximum absolute atomic E-state index is 11.4. The molecule has 0 amide bonds. The summed E-state index contributed by atoms with van der Waals surface area (Å²) < 4.78 is 1.83. The number of aromatic nitrogens is 2. The van der Waals surface area contributed by atoms with Crippen LogP contribution < -0.4 is 0 Å².